The van der Waals surface area contributed by atoms with E-state index in [0.29, 0.717) is 5.69 Å². The van der Waals surface area contributed by atoms with E-state index in [1.165, 1.54) is 13.0 Å². The lowest BCUT2D eigenvalue weighted by Crippen LogP contribution is -2.15. The van der Waals surface area contributed by atoms with Crippen LogP contribution in [-0.2, 0) is 4.79 Å². The molecule has 1 aromatic heterocycles. The summed E-state index contributed by atoms with van der Waals surface area (Å²) in [4.78, 5) is 27.7. The topological polar surface area (TPSA) is 74.8 Å². The van der Waals surface area contributed by atoms with Gasteiger partial charge < -0.3 is 0 Å². The molecule has 12 heavy (non-hydrogen) atoms. The van der Waals surface area contributed by atoms with Crippen LogP contribution in [0.5, 0.6) is 0 Å². The van der Waals surface area contributed by atoms with Gasteiger partial charge >= 0.3 is 0 Å². The molecule has 0 radical (unpaired) electrons. The molecule has 0 saturated heterocycles. The van der Waals surface area contributed by atoms with Crippen LogP contribution in [0, 0.1) is 6.92 Å². The standard InChI is InChI=1S/C7H9N3O2/c1-4-3-6(12)10-7(8-4)9-5(2)11/h3H,1-2H3,(H2,8,9,10,11,12). The van der Waals surface area contributed by atoms with Gasteiger partial charge in [-0.3, -0.25) is 19.9 Å². The van der Waals surface area contributed by atoms with Gasteiger partial charge in [-0.2, -0.15) is 0 Å². The minimum Gasteiger partial charge on any atom is -0.296 e. The number of carbonyl (C=O) groups is 1. The first kappa shape index (κ1) is 8.45. The van der Waals surface area contributed by atoms with Crippen molar-refractivity contribution < 1.29 is 4.79 Å². The molecule has 0 aliphatic rings. The third-order valence-electron chi connectivity index (χ3n) is 1.16. The first-order valence-electron chi connectivity index (χ1n) is 3.43. The Balaban J connectivity index is 3.01. The first-order chi connectivity index (χ1) is 5.58. The number of hydrogen-bond donors (Lipinski definition) is 2. The Labute approximate surface area is 68.8 Å². The van der Waals surface area contributed by atoms with E-state index >= 15 is 0 Å². The number of rotatable bonds is 1. The maximum Gasteiger partial charge on any atom is 0.252 e. The number of aryl methyl sites for hydroxylation is 1. The van der Waals surface area contributed by atoms with E-state index in [0.717, 1.165) is 0 Å². The fourth-order valence-electron chi connectivity index (χ4n) is 0.805. The Hall–Kier alpha value is -1.65. The fourth-order valence-corrected chi connectivity index (χ4v) is 0.805. The van der Waals surface area contributed by atoms with Crippen LogP contribution < -0.4 is 10.9 Å². The second-order valence-corrected chi connectivity index (χ2v) is 2.42. The zero-order valence-corrected chi connectivity index (χ0v) is 6.84. The summed E-state index contributed by atoms with van der Waals surface area (Å²) in [7, 11) is 0. The van der Waals surface area contributed by atoms with Gasteiger partial charge in [0, 0.05) is 18.7 Å². The number of hydrogen-bond acceptors (Lipinski definition) is 3. The number of amides is 1. The molecule has 0 spiro atoms. The molecule has 0 aliphatic carbocycles. The average molecular weight is 167 g/mol. The lowest BCUT2D eigenvalue weighted by atomic mass is 10.4. The summed E-state index contributed by atoms with van der Waals surface area (Å²) in [5.41, 5.74) is 0.300. The van der Waals surface area contributed by atoms with Crippen molar-refractivity contribution in [3.63, 3.8) is 0 Å². The summed E-state index contributed by atoms with van der Waals surface area (Å²) in [5, 5.41) is 2.38. The van der Waals surface area contributed by atoms with Crippen LogP contribution in [0.3, 0.4) is 0 Å². The van der Waals surface area contributed by atoms with Gasteiger partial charge in [0.1, 0.15) is 0 Å². The van der Waals surface area contributed by atoms with E-state index < -0.39 is 0 Å². The molecule has 0 bridgehead atoms. The van der Waals surface area contributed by atoms with Gasteiger partial charge in [0.2, 0.25) is 11.9 Å². The number of nitrogens with zero attached hydrogens (tertiary/aromatic N) is 1. The molecule has 0 unspecified atom stereocenters. The zero-order valence-electron chi connectivity index (χ0n) is 6.84. The van der Waals surface area contributed by atoms with Crippen LogP contribution >= 0.6 is 0 Å². The van der Waals surface area contributed by atoms with Crippen LogP contribution in [0.4, 0.5) is 5.95 Å². The van der Waals surface area contributed by atoms with Gasteiger partial charge in [-0.15, -0.1) is 0 Å². The number of aromatic nitrogens is 2. The van der Waals surface area contributed by atoms with E-state index in [1.807, 2.05) is 0 Å². The summed E-state index contributed by atoms with van der Waals surface area (Å²) in [6.07, 6.45) is 0. The predicted octanol–water partition coefficient (Wildman–Crippen LogP) is 0.0367. The quantitative estimate of drug-likeness (QED) is 0.620. The Morgan fingerprint density at radius 1 is 1.67 bits per heavy atom. The summed E-state index contributed by atoms with van der Waals surface area (Å²) >= 11 is 0. The Bertz CT molecular complexity index is 356. The van der Waals surface area contributed by atoms with Gasteiger partial charge in [0.15, 0.2) is 0 Å². The summed E-state index contributed by atoms with van der Waals surface area (Å²) < 4.78 is 0. The van der Waals surface area contributed by atoms with E-state index in [4.69, 9.17) is 0 Å². The van der Waals surface area contributed by atoms with Crippen molar-refractivity contribution in [2.45, 2.75) is 13.8 Å². The fraction of sp³-hybridized carbons (Fsp3) is 0.286. The van der Waals surface area contributed by atoms with Crippen LogP contribution in [-0.4, -0.2) is 15.9 Å². The lowest BCUT2D eigenvalue weighted by molar-refractivity contribution is -0.114. The summed E-state index contributed by atoms with van der Waals surface area (Å²) in [6.45, 7) is 3.03. The molecule has 0 aromatic carbocycles. The number of anilines is 1. The molecule has 1 rings (SSSR count). The average Bonchev–Trinajstić information content (AvgIpc) is 1.81. The monoisotopic (exact) mass is 167 g/mol. The SMILES string of the molecule is CC(=O)Nc1nc(C)cc(=O)[nH]1. The molecular formula is C7H9N3O2. The van der Waals surface area contributed by atoms with Crippen LogP contribution in [0.25, 0.3) is 0 Å². The van der Waals surface area contributed by atoms with Crippen molar-refractivity contribution in [2.24, 2.45) is 0 Å². The van der Waals surface area contributed by atoms with E-state index in [-0.39, 0.29) is 17.4 Å². The molecule has 1 aromatic rings. The highest BCUT2D eigenvalue weighted by atomic mass is 16.1. The minimum atomic E-state index is -0.272. The minimum absolute atomic E-state index is 0.188. The highest BCUT2D eigenvalue weighted by Crippen LogP contribution is 1.94. The third kappa shape index (κ3) is 2.19. The predicted molar refractivity (Wildman–Crippen MR) is 43.9 cm³/mol. The van der Waals surface area contributed by atoms with Crippen molar-refractivity contribution in [1.82, 2.24) is 9.97 Å². The van der Waals surface area contributed by atoms with Crippen molar-refractivity contribution >= 4 is 11.9 Å². The zero-order chi connectivity index (χ0) is 9.14. The van der Waals surface area contributed by atoms with Crippen molar-refractivity contribution in [3.05, 3.63) is 22.1 Å². The number of H-pyrrole nitrogens is 1. The first-order valence-corrected chi connectivity index (χ1v) is 3.43. The van der Waals surface area contributed by atoms with Crippen molar-refractivity contribution in [2.75, 3.05) is 5.32 Å². The normalized spacial score (nSPS) is 9.50. The highest BCUT2D eigenvalue weighted by Gasteiger charge is 1.98. The molecule has 64 valence electrons. The van der Waals surface area contributed by atoms with Crippen LogP contribution in [0.15, 0.2) is 10.9 Å². The summed E-state index contributed by atoms with van der Waals surface area (Å²) in [5.74, 6) is -0.0729. The van der Waals surface area contributed by atoms with Crippen LogP contribution in [0.2, 0.25) is 0 Å². The Kier molecular flexibility index (Phi) is 2.23. The van der Waals surface area contributed by atoms with Crippen molar-refractivity contribution in [3.8, 4) is 0 Å². The van der Waals surface area contributed by atoms with E-state index in [1.54, 1.807) is 6.92 Å². The number of nitrogens with one attached hydrogen (secondary N) is 2. The third-order valence-corrected chi connectivity index (χ3v) is 1.16. The molecule has 1 heterocycles. The van der Waals surface area contributed by atoms with E-state index in [2.05, 4.69) is 15.3 Å². The second kappa shape index (κ2) is 3.17. The second-order valence-electron chi connectivity index (χ2n) is 2.42. The number of carbonyl (C=O) groups excluding carboxylic acids is 1. The largest absolute Gasteiger partial charge is 0.296 e. The molecule has 1 amide bonds. The molecule has 0 aliphatic heterocycles. The van der Waals surface area contributed by atoms with Gasteiger partial charge in [-0.05, 0) is 6.92 Å². The summed E-state index contributed by atoms with van der Waals surface area (Å²) in [6, 6.07) is 1.35. The van der Waals surface area contributed by atoms with Crippen molar-refractivity contribution in [1.29, 1.82) is 0 Å². The molecular weight excluding hydrogens is 158 g/mol. The Morgan fingerprint density at radius 3 is 2.83 bits per heavy atom. The van der Waals surface area contributed by atoms with Gasteiger partial charge in [0.25, 0.3) is 5.56 Å². The number of aromatic amines is 1. The Morgan fingerprint density at radius 2 is 2.33 bits per heavy atom. The van der Waals surface area contributed by atoms with Gasteiger partial charge in [0.05, 0.1) is 0 Å². The molecule has 0 fully saturated rings. The molecule has 0 atom stereocenters. The van der Waals surface area contributed by atoms with Crippen LogP contribution in [0.1, 0.15) is 12.6 Å². The lowest BCUT2D eigenvalue weighted by Gasteiger charge is -1.99. The smallest absolute Gasteiger partial charge is 0.252 e. The molecule has 2 N–H and O–H groups in total. The van der Waals surface area contributed by atoms with Gasteiger partial charge in [-0.25, -0.2) is 4.98 Å². The molecule has 5 heteroatoms. The maximum absolute atomic E-state index is 10.8. The van der Waals surface area contributed by atoms with E-state index in [9.17, 15) is 9.59 Å². The van der Waals surface area contributed by atoms with Gasteiger partial charge in [-0.1, -0.05) is 0 Å². The highest BCUT2D eigenvalue weighted by molar-refractivity contribution is 5.86. The molecule has 0 saturated carbocycles. The maximum atomic E-state index is 10.8. The molecule has 5 nitrogen and oxygen atoms in total.